The van der Waals surface area contributed by atoms with Crippen LogP contribution in [0.15, 0.2) is 28.7 Å². The highest BCUT2D eigenvalue weighted by Crippen LogP contribution is 2.24. The van der Waals surface area contributed by atoms with Crippen LogP contribution in [0.1, 0.15) is 12.1 Å². The van der Waals surface area contributed by atoms with Gasteiger partial charge in [-0.3, -0.25) is 14.7 Å². The molecule has 0 spiro atoms. The smallest absolute Gasteiger partial charge is 0.308 e. The first-order valence-electron chi connectivity index (χ1n) is 8.13. The third kappa shape index (κ3) is 4.52. The highest BCUT2D eigenvalue weighted by atomic mass is 79.9. The van der Waals surface area contributed by atoms with Crippen LogP contribution in [0.25, 0.3) is 17.0 Å². The average molecular weight is 436 g/mol. The summed E-state index contributed by atoms with van der Waals surface area (Å²) in [6.07, 6.45) is 0.111. The molecule has 0 aliphatic rings. The largest absolute Gasteiger partial charge is 0.455 e. The highest BCUT2D eigenvalue weighted by Gasteiger charge is 2.13. The summed E-state index contributed by atoms with van der Waals surface area (Å²) in [5, 5.41) is 10.1. The van der Waals surface area contributed by atoms with E-state index in [0.717, 1.165) is 15.7 Å². The van der Waals surface area contributed by atoms with Gasteiger partial charge in [-0.25, -0.2) is 4.98 Å². The molecule has 142 valence electrons. The van der Waals surface area contributed by atoms with Crippen LogP contribution in [-0.2, 0) is 19.1 Å². The van der Waals surface area contributed by atoms with Crippen LogP contribution in [0, 0.1) is 6.92 Å². The number of aromatic amines is 1. The fourth-order valence-corrected chi connectivity index (χ4v) is 2.68. The summed E-state index contributed by atoms with van der Waals surface area (Å²) in [4.78, 5) is 27.7. The van der Waals surface area contributed by atoms with Gasteiger partial charge in [-0.15, -0.1) is 5.10 Å². The third-order valence-electron chi connectivity index (χ3n) is 3.71. The van der Waals surface area contributed by atoms with E-state index in [2.05, 4.69) is 36.4 Å². The lowest BCUT2D eigenvalue weighted by molar-refractivity contribution is -0.148. The van der Waals surface area contributed by atoms with Crippen molar-refractivity contribution in [3.63, 3.8) is 0 Å². The van der Waals surface area contributed by atoms with Crippen LogP contribution in [-0.4, -0.2) is 52.0 Å². The number of anilines is 1. The summed E-state index contributed by atoms with van der Waals surface area (Å²) in [6.45, 7) is 1.84. The van der Waals surface area contributed by atoms with Gasteiger partial charge in [0.2, 0.25) is 0 Å². The molecule has 3 rings (SSSR count). The summed E-state index contributed by atoms with van der Waals surface area (Å²) in [5.74, 6) is -0.335. The maximum absolute atomic E-state index is 11.8. The molecule has 3 aromatic rings. The molecule has 0 fully saturated rings. The molecule has 0 saturated heterocycles. The second kappa shape index (κ2) is 8.31. The SMILES string of the molecule is COCCC(=O)OCC(=O)Nc1ccc(-c2nc3c(Br)c(C)[nH]n3n2)cc1. The van der Waals surface area contributed by atoms with Crippen molar-refractivity contribution in [3.8, 4) is 11.4 Å². The number of amides is 1. The summed E-state index contributed by atoms with van der Waals surface area (Å²) < 4.78 is 12.1. The van der Waals surface area contributed by atoms with Crippen molar-refractivity contribution in [1.29, 1.82) is 0 Å². The highest BCUT2D eigenvalue weighted by molar-refractivity contribution is 9.10. The fourth-order valence-electron chi connectivity index (χ4n) is 2.33. The number of rotatable bonds is 7. The maximum atomic E-state index is 11.8. The molecule has 0 saturated carbocycles. The molecule has 9 nitrogen and oxygen atoms in total. The number of benzene rings is 1. The van der Waals surface area contributed by atoms with Crippen molar-refractivity contribution in [2.75, 3.05) is 25.6 Å². The Labute approximate surface area is 163 Å². The topological polar surface area (TPSA) is 111 Å². The third-order valence-corrected chi connectivity index (χ3v) is 4.66. The average Bonchev–Trinajstić information content (AvgIpc) is 3.18. The number of carbonyl (C=O) groups excluding carboxylic acids is 2. The number of hydrogen-bond acceptors (Lipinski definition) is 6. The number of methoxy groups -OCH3 is 1. The zero-order chi connectivity index (χ0) is 19.4. The number of H-pyrrole nitrogens is 1. The number of esters is 1. The van der Waals surface area contributed by atoms with E-state index in [1.54, 1.807) is 28.9 Å². The lowest BCUT2D eigenvalue weighted by Gasteiger charge is -2.07. The Bertz CT molecular complexity index is 964. The number of nitrogens with zero attached hydrogens (tertiary/aromatic N) is 3. The second-order valence-corrected chi connectivity index (χ2v) is 6.54. The molecule has 0 aliphatic heterocycles. The van der Waals surface area contributed by atoms with E-state index in [-0.39, 0.29) is 19.6 Å². The second-order valence-electron chi connectivity index (χ2n) is 5.75. The van der Waals surface area contributed by atoms with E-state index in [0.29, 0.717) is 17.2 Å². The number of ether oxygens (including phenoxy) is 2. The quantitative estimate of drug-likeness (QED) is 0.550. The Morgan fingerprint density at radius 3 is 2.70 bits per heavy atom. The number of carbonyl (C=O) groups is 2. The molecule has 0 atom stereocenters. The van der Waals surface area contributed by atoms with Crippen LogP contribution in [0.5, 0.6) is 0 Å². The number of fused-ring (bicyclic) bond motifs is 1. The van der Waals surface area contributed by atoms with Gasteiger partial charge < -0.3 is 14.8 Å². The molecule has 0 aliphatic carbocycles. The monoisotopic (exact) mass is 435 g/mol. The van der Waals surface area contributed by atoms with Crippen molar-refractivity contribution in [2.45, 2.75) is 13.3 Å². The predicted octanol–water partition coefficient (Wildman–Crippen LogP) is 2.31. The number of aromatic nitrogens is 4. The van der Waals surface area contributed by atoms with Crippen LogP contribution >= 0.6 is 15.9 Å². The molecule has 1 amide bonds. The van der Waals surface area contributed by atoms with Gasteiger partial charge in [0.15, 0.2) is 18.1 Å². The number of nitrogens with one attached hydrogen (secondary N) is 2. The van der Waals surface area contributed by atoms with E-state index < -0.39 is 11.9 Å². The minimum atomic E-state index is -0.481. The first-order chi connectivity index (χ1) is 13.0. The first kappa shape index (κ1) is 19.1. The zero-order valence-corrected chi connectivity index (χ0v) is 16.4. The number of aryl methyl sites for hydroxylation is 1. The summed E-state index contributed by atoms with van der Waals surface area (Å²) >= 11 is 3.47. The lowest BCUT2D eigenvalue weighted by Crippen LogP contribution is -2.21. The van der Waals surface area contributed by atoms with Crippen molar-refractivity contribution in [2.24, 2.45) is 0 Å². The summed E-state index contributed by atoms with van der Waals surface area (Å²) in [6, 6.07) is 7.07. The van der Waals surface area contributed by atoms with Crippen molar-refractivity contribution < 1.29 is 19.1 Å². The van der Waals surface area contributed by atoms with Crippen molar-refractivity contribution >= 4 is 39.1 Å². The van der Waals surface area contributed by atoms with Gasteiger partial charge in [-0.2, -0.15) is 4.63 Å². The Kier molecular flexibility index (Phi) is 5.87. The summed E-state index contributed by atoms with van der Waals surface area (Å²) in [7, 11) is 1.49. The van der Waals surface area contributed by atoms with Crippen LogP contribution in [0.3, 0.4) is 0 Å². The van der Waals surface area contributed by atoms with E-state index in [1.165, 1.54) is 7.11 Å². The van der Waals surface area contributed by atoms with Gasteiger partial charge in [0.25, 0.3) is 5.91 Å². The Morgan fingerprint density at radius 2 is 2.04 bits per heavy atom. The Morgan fingerprint density at radius 1 is 1.30 bits per heavy atom. The van der Waals surface area contributed by atoms with Gasteiger partial charge in [0, 0.05) is 24.1 Å². The fraction of sp³-hybridized carbons (Fsp3) is 0.294. The molecule has 2 aromatic heterocycles. The van der Waals surface area contributed by atoms with Crippen molar-refractivity contribution in [3.05, 3.63) is 34.4 Å². The zero-order valence-electron chi connectivity index (χ0n) is 14.8. The molecule has 2 heterocycles. The predicted molar refractivity (Wildman–Crippen MR) is 101 cm³/mol. The molecule has 1 aromatic carbocycles. The molecule has 0 unspecified atom stereocenters. The lowest BCUT2D eigenvalue weighted by atomic mass is 10.2. The molecule has 27 heavy (non-hydrogen) atoms. The molecule has 0 radical (unpaired) electrons. The number of halogens is 1. The standard InChI is InChI=1S/C17H18BrN5O4/c1-10-15(18)17-20-16(22-23(17)21-10)11-3-5-12(6-4-11)19-13(24)9-27-14(25)7-8-26-2/h3-6,21H,7-9H2,1-2H3,(H,19,24). The van der Waals surface area contributed by atoms with Gasteiger partial charge in [-0.1, -0.05) is 0 Å². The Hall–Kier alpha value is -2.72. The normalized spacial score (nSPS) is 10.9. The molecular formula is C17H18BrN5O4. The molecule has 10 heteroatoms. The van der Waals surface area contributed by atoms with Gasteiger partial charge >= 0.3 is 5.97 Å². The van der Waals surface area contributed by atoms with Gasteiger partial charge in [0.05, 0.1) is 17.5 Å². The van der Waals surface area contributed by atoms with Gasteiger partial charge in [0.1, 0.15) is 0 Å². The van der Waals surface area contributed by atoms with Crippen LogP contribution in [0.2, 0.25) is 0 Å². The minimum Gasteiger partial charge on any atom is -0.455 e. The summed E-state index contributed by atoms with van der Waals surface area (Å²) in [5.41, 5.74) is 3.03. The van der Waals surface area contributed by atoms with E-state index >= 15 is 0 Å². The van der Waals surface area contributed by atoms with Crippen LogP contribution < -0.4 is 5.32 Å². The van der Waals surface area contributed by atoms with Gasteiger partial charge in [-0.05, 0) is 47.1 Å². The maximum Gasteiger partial charge on any atom is 0.308 e. The Balaban J connectivity index is 1.59. The molecule has 2 N–H and O–H groups in total. The van der Waals surface area contributed by atoms with Crippen LogP contribution in [0.4, 0.5) is 5.69 Å². The number of hydrogen-bond donors (Lipinski definition) is 2. The van der Waals surface area contributed by atoms with E-state index in [9.17, 15) is 9.59 Å². The minimum absolute atomic E-state index is 0.111. The van der Waals surface area contributed by atoms with E-state index in [1.807, 2.05) is 6.92 Å². The molecule has 0 bridgehead atoms. The van der Waals surface area contributed by atoms with Crippen molar-refractivity contribution in [1.82, 2.24) is 19.8 Å². The molecular weight excluding hydrogens is 418 g/mol. The first-order valence-corrected chi connectivity index (χ1v) is 8.93. The van der Waals surface area contributed by atoms with E-state index in [4.69, 9.17) is 9.47 Å².